The summed E-state index contributed by atoms with van der Waals surface area (Å²) in [5.74, 6) is 0.985. The van der Waals surface area contributed by atoms with Gasteiger partial charge in [-0.05, 0) is 31.2 Å². The van der Waals surface area contributed by atoms with Crippen LogP contribution in [-0.2, 0) is 11.3 Å². The Balaban J connectivity index is 2.52. The molecule has 0 fully saturated rings. The maximum absolute atomic E-state index is 11.5. The lowest BCUT2D eigenvalue weighted by molar-refractivity contribution is -0.124. The van der Waals surface area contributed by atoms with E-state index < -0.39 is 0 Å². The lowest BCUT2D eigenvalue weighted by atomic mass is 10.1. The van der Waals surface area contributed by atoms with Gasteiger partial charge in [0, 0.05) is 38.8 Å². The second-order valence-corrected chi connectivity index (χ2v) is 5.19. The molecule has 1 aromatic heterocycles. The average Bonchev–Trinajstić information content (AvgIpc) is 2.44. The Hall–Kier alpha value is -1.62. The molecule has 5 nitrogen and oxygen atoms in total. The second-order valence-electron chi connectivity index (χ2n) is 5.19. The fourth-order valence-electron chi connectivity index (χ4n) is 2.10. The molecule has 0 saturated carbocycles. The van der Waals surface area contributed by atoms with Crippen LogP contribution in [0, 0.1) is 5.92 Å². The lowest BCUT2D eigenvalue weighted by Crippen LogP contribution is -2.34. The van der Waals surface area contributed by atoms with E-state index in [2.05, 4.69) is 33.5 Å². The van der Waals surface area contributed by atoms with E-state index in [1.54, 1.807) is 7.05 Å². The largest absolute Gasteiger partial charge is 0.370 e. The van der Waals surface area contributed by atoms with Gasteiger partial charge in [-0.25, -0.2) is 4.98 Å². The molecule has 0 saturated heterocycles. The standard InChI is InChI=1S/C15H26N4O/c1-5-7-17-14-9-13(6-8-18-14)11-19(4)10-12(2)15(20)16-3/h6,8-9,12H,5,7,10-11H2,1-4H3,(H,16,20)(H,17,18). The number of anilines is 1. The number of hydrogen-bond acceptors (Lipinski definition) is 4. The fraction of sp³-hybridized carbons (Fsp3) is 0.600. The zero-order valence-electron chi connectivity index (χ0n) is 12.9. The van der Waals surface area contributed by atoms with Gasteiger partial charge in [-0.1, -0.05) is 13.8 Å². The first-order chi connectivity index (χ1) is 9.56. The smallest absolute Gasteiger partial charge is 0.223 e. The Labute approximate surface area is 121 Å². The van der Waals surface area contributed by atoms with Gasteiger partial charge in [-0.3, -0.25) is 4.79 Å². The highest BCUT2D eigenvalue weighted by molar-refractivity contribution is 5.78. The van der Waals surface area contributed by atoms with E-state index in [1.165, 1.54) is 5.56 Å². The molecule has 5 heteroatoms. The van der Waals surface area contributed by atoms with Crippen molar-refractivity contribution in [2.24, 2.45) is 5.92 Å². The SMILES string of the molecule is CCCNc1cc(CN(C)CC(C)C(=O)NC)ccn1. The number of hydrogen-bond donors (Lipinski definition) is 2. The maximum Gasteiger partial charge on any atom is 0.223 e. The Morgan fingerprint density at radius 1 is 1.50 bits per heavy atom. The van der Waals surface area contributed by atoms with Gasteiger partial charge in [-0.15, -0.1) is 0 Å². The highest BCUT2D eigenvalue weighted by Crippen LogP contribution is 2.10. The summed E-state index contributed by atoms with van der Waals surface area (Å²) in [7, 11) is 3.70. The van der Waals surface area contributed by atoms with Gasteiger partial charge in [0.2, 0.25) is 5.91 Å². The monoisotopic (exact) mass is 278 g/mol. The van der Waals surface area contributed by atoms with Crippen LogP contribution in [0.15, 0.2) is 18.3 Å². The molecule has 1 atom stereocenters. The summed E-state index contributed by atoms with van der Waals surface area (Å²) in [5.41, 5.74) is 1.20. The number of aromatic nitrogens is 1. The molecule has 2 N–H and O–H groups in total. The number of carbonyl (C=O) groups excluding carboxylic acids is 1. The summed E-state index contributed by atoms with van der Waals surface area (Å²) < 4.78 is 0. The fourth-order valence-corrected chi connectivity index (χ4v) is 2.10. The first-order valence-corrected chi connectivity index (χ1v) is 7.15. The molecule has 1 aromatic rings. The van der Waals surface area contributed by atoms with Crippen molar-refractivity contribution in [1.29, 1.82) is 0 Å². The number of pyridine rings is 1. The van der Waals surface area contributed by atoms with Crippen molar-refractivity contribution in [3.8, 4) is 0 Å². The van der Waals surface area contributed by atoms with E-state index in [9.17, 15) is 4.79 Å². The molecule has 1 unspecified atom stereocenters. The summed E-state index contributed by atoms with van der Waals surface area (Å²) in [6.07, 6.45) is 2.90. The summed E-state index contributed by atoms with van der Waals surface area (Å²) in [4.78, 5) is 18.0. The van der Waals surface area contributed by atoms with Gasteiger partial charge in [0.25, 0.3) is 0 Å². The van der Waals surface area contributed by atoms with E-state index in [1.807, 2.05) is 26.2 Å². The lowest BCUT2D eigenvalue weighted by Gasteiger charge is -2.20. The topological polar surface area (TPSA) is 57.3 Å². The van der Waals surface area contributed by atoms with E-state index in [0.717, 1.165) is 31.9 Å². The van der Waals surface area contributed by atoms with Crippen molar-refractivity contribution in [3.63, 3.8) is 0 Å². The molecule has 0 spiro atoms. The second kappa shape index (κ2) is 8.53. The van der Waals surface area contributed by atoms with Crippen LogP contribution in [0.2, 0.25) is 0 Å². The summed E-state index contributed by atoms with van der Waals surface area (Å²) >= 11 is 0. The van der Waals surface area contributed by atoms with Crippen molar-refractivity contribution in [2.45, 2.75) is 26.8 Å². The minimum Gasteiger partial charge on any atom is -0.370 e. The molecule has 1 heterocycles. The van der Waals surface area contributed by atoms with Crippen LogP contribution in [-0.4, -0.2) is 43.0 Å². The zero-order chi connectivity index (χ0) is 15.0. The van der Waals surface area contributed by atoms with Gasteiger partial charge in [0.1, 0.15) is 5.82 Å². The van der Waals surface area contributed by atoms with Crippen molar-refractivity contribution >= 4 is 11.7 Å². The van der Waals surface area contributed by atoms with E-state index >= 15 is 0 Å². The first-order valence-electron chi connectivity index (χ1n) is 7.15. The van der Waals surface area contributed by atoms with Gasteiger partial charge in [-0.2, -0.15) is 0 Å². The summed E-state index contributed by atoms with van der Waals surface area (Å²) in [6.45, 7) is 6.55. The molecule has 112 valence electrons. The normalized spacial score (nSPS) is 12.2. The van der Waals surface area contributed by atoms with E-state index in [4.69, 9.17) is 0 Å². The quantitative estimate of drug-likeness (QED) is 0.760. The van der Waals surface area contributed by atoms with E-state index in [0.29, 0.717) is 0 Å². The van der Waals surface area contributed by atoms with Gasteiger partial charge in [0.15, 0.2) is 0 Å². The Morgan fingerprint density at radius 3 is 2.90 bits per heavy atom. The molecule has 0 radical (unpaired) electrons. The van der Waals surface area contributed by atoms with Crippen molar-refractivity contribution < 1.29 is 4.79 Å². The molecular weight excluding hydrogens is 252 g/mol. The van der Waals surface area contributed by atoms with Crippen LogP contribution < -0.4 is 10.6 Å². The molecule has 20 heavy (non-hydrogen) atoms. The van der Waals surface area contributed by atoms with Crippen LogP contribution >= 0.6 is 0 Å². The van der Waals surface area contributed by atoms with Crippen LogP contribution in [0.4, 0.5) is 5.82 Å². The minimum absolute atomic E-state index is 0.00970. The zero-order valence-corrected chi connectivity index (χ0v) is 12.9. The number of carbonyl (C=O) groups is 1. The molecule has 0 bridgehead atoms. The molecule has 0 aromatic carbocycles. The van der Waals surface area contributed by atoms with Gasteiger partial charge >= 0.3 is 0 Å². The molecule has 0 aliphatic heterocycles. The first kappa shape index (κ1) is 16.4. The maximum atomic E-state index is 11.5. The number of nitrogens with one attached hydrogen (secondary N) is 2. The third-order valence-corrected chi connectivity index (χ3v) is 3.11. The predicted octanol–water partition coefficient (Wildman–Crippen LogP) is 1.72. The van der Waals surface area contributed by atoms with Crippen molar-refractivity contribution in [2.75, 3.05) is 32.5 Å². The van der Waals surface area contributed by atoms with E-state index in [-0.39, 0.29) is 11.8 Å². The highest BCUT2D eigenvalue weighted by Gasteiger charge is 2.13. The molecular formula is C15H26N4O. The average molecular weight is 278 g/mol. The Kier molecular flexibility index (Phi) is 7.01. The van der Waals surface area contributed by atoms with Crippen LogP contribution in [0.5, 0.6) is 0 Å². The summed E-state index contributed by atoms with van der Waals surface area (Å²) in [5, 5.41) is 5.96. The van der Waals surface area contributed by atoms with Crippen LogP contribution in [0.3, 0.4) is 0 Å². The molecule has 0 aliphatic carbocycles. The van der Waals surface area contributed by atoms with Crippen molar-refractivity contribution in [1.82, 2.24) is 15.2 Å². The highest BCUT2D eigenvalue weighted by atomic mass is 16.1. The number of amides is 1. The van der Waals surface area contributed by atoms with Crippen LogP contribution in [0.1, 0.15) is 25.8 Å². The molecule has 0 aliphatic rings. The predicted molar refractivity (Wildman–Crippen MR) is 82.6 cm³/mol. The van der Waals surface area contributed by atoms with Crippen molar-refractivity contribution in [3.05, 3.63) is 23.9 Å². The van der Waals surface area contributed by atoms with Gasteiger partial charge in [0.05, 0.1) is 0 Å². The van der Waals surface area contributed by atoms with Crippen LogP contribution in [0.25, 0.3) is 0 Å². The number of nitrogens with zero attached hydrogens (tertiary/aromatic N) is 2. The Morgan fingerprint density at radius 2 is 2.25 bits per heavy atom. The van der Waals surface area contributed by atoms with Gasteiger partial charge < -0.3 is 15.5 Å². The third-order valence-electron chi connectivity index (χ3n) is 3.11. The Bertz CT molecular complexity index is 422. The third kappa shape index (κ3) is 5.57. The minimum atomic E-state index is -0.00970. The summed E-state index contributed by atoms with van der Waals surface area (Å²) in [6, 6.07) is 4.08. The molecule has 1 amide bonds. The number of rotatable bonds is 8. The molecule has 1 rings (SSSR count).